The zero-order valence-corrected chi connectivity index (χ0v) is 29.3. The Bertz CT molecular complexity index is 1310. The van der Waals surface area contributed by atoms with Crippen molar-refractivity contribution >= 4 is 45.7 Å². The summed E-state index contributed by atoms with van der Waals surface area (Å²) in [7, 11) is 0. The van der Waals surface area contributed by atoms with Gasteiger partial charge in [-0.15, -0.1) is 0 Å². The van der Waals surface area contributed by atoms with Gasteiger partial charge in [-0.25, -0.2) is 4.79 Å². The Morgan fingerprint density at radius 1 is 0.915 bits per heavy atom. The van der Waals surface area contributed by atoms with Crippen molar-refractivity contribution in [2.75, 3.05) is 13.1 Å². The highest BCUT2D eigenvalue weighted by molar-refractivity contribution is 9.10. The van der Waals surface area contributed by atoms with Crippen molar-refractivity contribution in [2.45, 2.75) is 82.9 Å². The molecule has 0 fully saturated rings. The van der Waals surface area contributed by atoms with Crippen molar-refractivity contribution in [1.82, 2.24) is 15.5 Å². The van der Waals surface area contributed by atoms with Crippen LogP contribution in [0.4, 0.5) is 4.79 Å². The molecule has 2 aromatic rings. The van der Waals surface area contributed by atoms with Crippen LogP contribution in [0, 0.1) is 11.8 Å². The number of rotatable bonds is 18. The van der Waals surface area contributed by atoms with E-state index in [2.05, 4.69) is 31.6 Å². The number of halogens is 1. The largest absolute Gasteiger partial charge is 0.445 e. The summed E-state index contributed by atoms with van der Waals surface area (Å²) in [5.41, 5.74) is 19.0. The number of carbonyl (C=O) groups is 4. The van der Waals surface area contributed by atoms with Crippen molar-refractivity contribution in [1.29, 1.82) is 0 Å². The fourth-order valence-electron chi connectivity index (χ4n) is 4.91. The van der Waals surface area contributed by atoms with E-state index in [1.165, 1.54) is 0 Å². The van der Waals surface area contributed by atoms with Gasteiger partial charge in [0.05, 0.1) is 16.9 Å². The van der Waals surface area contributed by atoms with Crippen molar-refractivity contribution in [3.8, 4) is 0 Å². The van der Waals surface area contributed by atoms with Gasteiger partial charge >= 0.3 is 6.09 Å². The fourth-order valence-corrected chi connectivity index (χ4v) is 5.45. The Hall–Kier alpha value is -3.97. The second kappa shape index (κ2) is 20.3. The number of guanidine groups is 1. The molecule has 0 aliphatic heterocycles. The third kappa shape index (κ3) is 14.1. The third-order valence-electron chi connectivity index (χ3n) is 7.39. The standard InChI is InChI=1S/C34H50BrN7O5/c1-22(2)18-27(36)31(44)42(29(23(3)4)20-40-30(43)26(35)19-24-12-7-5-8-13-24)32(45)28(16-11-17-39-33(37)38)41-34(46)47-21-25-14-9-6-10-15-25/h5-10,12-15,22-23,26-29H,11,16-21,36H2,1-4H3,(H,40,43)(H,41,46)(H4,37,38,39)/t26-,27-,28-,29+/m0/s1. The second-order valence-corrected chi connectivity index (χ2v) is 13.3. The molecule has 2 rings (SSSR count). The topological polar surface area (TPSA) is 195 Å². The smallest absolute Gasteiger partial charge is 0.408 e. The summed E-state index contributed by atoms with van der Waals surface area (Å²) >= 11 is 3.47. The molecule has 4 amide bonds. The number of benzene rings is 2. The maximum atomic E-state index is 14.4. The van der Waals surface area contributed by atoms with Crippen LogP contribution in [0.1, 0.15) is 58.1 Å². The minimum absolute atomic E-state index is 0.0131. The number of nitrogens with one attached hydrogen (secondary N) is 2. The van der Waals surface area contributed by atoms with Crippen molar-refractivity contribution < 1.29 is 23.9 Å². The van der Waals surface area contributed by atoms with Gasteiger partial charge in [-0.05, 0) is 48.6 Å². The van der Waals surface area contributed by atoms with E-state index in [0.29, 0.717) is 19.3 Å². The summed E-state index contributed by atoms with van der Waals surface area (Å²) in [6, 6.07) is 15.7. The minimum atomic E-state index is -1.17. The average molecular weight is 717 g/mol. The Morgan fingerprint density at radius 3 is 2.06 bits per heavy atom. The lowest BCUT2D eigenvalue weighted by molar-refractivity contribution is -0.151. The van der Waals surface area contributed by atoms with Gasteiger partial charge in [0.15, 0.2) is 5.96 Å². The molecule has 2 aromatic carbocycles. The number of alkyl halides is 1. The molecule has 4 atom stereocenters. The number of nitrogens with zero attached hydrogens (tertiary/aromatic N) is 2. The van der Waals surface area contributed by atoms with E-state index in [9.17, 15) is 19.2 Å². The maximum absolute atomic E-state index is 14.4. The number of ether oxygens (including phenoxy) is 1. The molecule has 47 heavy (non-hydrogen) atoms. The van der Waals surface area contributed by atoms with Gasteiger partial charge < -0.3 is 32.6 Å². The number of nitrogens with two attached hydrogens (primary N) is 3. The van der Waals surface area contributed by atoms with Crippen LogP contribution >= 0.6 is 15.9 Å². The van der Waals surface area contributed by atoms with Gasteiger partial charge in [0, 0.05) is 13.1 Å². The summed E-state index contributed by atoms with van der Waals surface area (Å²) in [5.74, 6) is -1.84. The van der Waals surface area contributed by atoms with Crippen LogP contribution in [-0.4, -0.2) is 70.7 Å². The highest BCUT2D eigenvalue weighted by Gasteiger charge is 2.39. The number of alkyl carbamates (subject to hydrolysis) is 1. The number of imide groups is 1. The fraction of sp³-hybridized carbons (Fsp3) is 0.500. The predicted octanol–water partition coefficient (Wildman–Crippen LogP) is 3.21. The van der Waals surface area contributed by atoms with E-state index in [1.54, 1.807) is 12.1 Å². The molecule has 0 aromatic heterocycles. The zero-order chi connectivity index (χ0) is 34.9. The normalized spacial score (nSPS) is 13.6. The average Bonchev–Trinajstić information content (AvgIpc) is 3.03. The first kappa shape index (κ1) is 39.2. The first-order valence-electron chi connectivity index (χ1n) is 15.9. The Kier molecular flexibility index (Phi) is 16.9. The zero-order valence-electron chi connectivity index (χ0n) is 27.7. The molecule has 0 bridgehead atoms. The van der Waals surface area contributed by atoms with Crippen LogP contribution < -0.4 is 27.8 Å². The van der Waals surface area contributed by atoms with Gasteiger partial charge in [0.1, 0.15) is 12.6 Å². The van der Waals surface area contributed by atoms with E-state index in [1.807, 2.05) is 76.2 Å². The van der Waals surface area contributed by atoms with Gasteiger partial charge in [0.25, 0.3) is 5.91 Å². The van der Waals surface area contributed by atoms with Crippen LogP contribution in [0.5, 0.6) is 0 Å². The lowest BCUT2D eigenvalue weighted by Gasteiger charge is -2.37. The molecule has 8 N–H and O–H groups in total. The molecule has 258 valence electrons. The third-order valence-corrected chi connectivity index (χ3v) is 8.13. The molecule has 0 unspecified atom stereocenters. The first-order chi connectivity index (χ1) is 22.3. The second-order valence-electron chi connectivity index (χ2n) is 12.2. The van der Waals surface area contributed by atoms with Crippen LogP contribution in [0.25, 0.3) is 0 Å². The van der Waals surface area contributed by atoms with Gasteiger partial charge in [-0.3, -0.25) is 24.3 Å². The van der Waals surface area contributed by atoms with E-state index in [0.717, 1.165) is 16.0 Å². The number of aliphatic imine (C=N–C) groups is 1. The molecule has 0 saturated carbocycles. The van der Waals surface area contributed by atoms with Crippen molar-refractivity contribution in [3.05, 3.63) is 71.8 Å². The van der Waals surface area contributed by atoms with Gasteiger partial charge in [-0.2, -0.15) is 0 Å². The van der Waals surface area contributed by atoms with Crippen LogP contribution in [-0.2, 0) is 32.1 Å². The summed E-state index contributed by atoms with van der Waals surface area (Å²) in [6.45, 7) is 7.73. The summed E-state index contributed by atoms with van der Waals surface area (Å²) < 4.78 is 5.40. The molecule has 0 heterocycles. The van der Waals surface area contributed by atoms with Gasteiger partial charge in [-0.1, -0.05) is 104 Å². The summed E-state index contributed by atoms with van der Waals surface area (Å²) in [6.07, 6.45) is 0.387. The molecule has 0 spiro atoms. The SMILES string of the molecule is CC(C)C[C@H](N)C(=O)N(C(=O)[C@H](CCCN=C(N)N)NC(=O)OCc1ccccc1)[C@H](CNC(=O)[C@@H](Br)Cc1ccccc1)C(C)C. The Morgan fingerprint density at radius 2 is 1.51 bits per heavy atom. The van der Waals surface area contributed by atoms with E-state index in [-0.39, 0.29) is 49.8 Å². The van der Waals surface area contributed by atoms with Crippen LogP contribution in [0.15, 0.2) is 65.7 Å². The quantitative estimate of drug-likeness (QED) is 0.0671. The minimum Gasteiger partial charge on any atom is -0.445 e. The van der Waals surface area contributed by atoms with Crippen molar-refractivity contribution in [3.63, 3.8) is 0 Å². The molecular weight excluding hydrogens is 666 g/mol. The summed E-state index contributed by atoms with van der Waals surface area (Å²) in [4.78, 5) is 58.9. The molecule has 0 saturated heterocycles. The highest BCUT2D eigenvalue weighted by atomic mass is 79.9. The number of carbonyl (C=O) groups excluding carboxylic acids is 4. The molecular formula is C34H50BrN7O5. The first-order valence-corrected chi connectivity index (χ1v) is 16.8. The molecule has 0 aliphatic carbocycles. The van der Waals surface area contributed by atoms with Gasteiger partial charge in [0.2, 0.25) is 11.8 Å². The lowest BCUT2D eigenvalue weighted by atomic mass is 9.97. The van der Waals surface area contributed by atoms with E-state index < -0.39 is 40.9 Å². The molecule has 13 heteroatoms. The molecule has 0 aliphatic rings. The monoisotopic (exact) mass is 715 g/mol. The van der Waals surface area contributed by atoms with Crippen LogP contribution in [0.3, 0.4) is 0 Å². The summed E-state index contributed by atoms with van der Waals surface area (Å²) in [5, 5.41) is 5.55. The Labute approximate surface area is 286 Å². The number of hydrogen-bond acceptors (Lipinski definition) is 7. The molecule has 0 radical (unpaired) electrons. The highest BCUT2D eigenvalue weighted by Crippen LogP contribution is 2.19. The Balaban J connectivity index is 2.34. The lowest BCUT2D eigenvalue weighted by Crippen LogP contribution is -2.61. The predicted molar refractivity (Wildman–Crippen MR) is 187 cm³/mol. The van der Waals surface area contributed by atoms with E-state index >= 15 is 0 Å². The number of hydrogen-bond donors (Lipinski definition) is 5. The van der Waals surface area contributed by atoms with E-state index in [4.69, 9.17) is 21.9 Å². The molecule has 12 nitrogen and oxygen atoms in total. The number of amides is 4. The van der Waals surface area contributed by atoms with Crippen LogP contribution in [0.2, 0.25) is 0 Å². The van der Waals surface area contributed by atoms with Crippen molar-refractivity contribution in [2.24, 2.45) is 34.0 Å². The maximum Gasteiger partial charge on any atom is 0.408 e.